The van der Waals surface area contributed by atoms with Crippen molar-refractivity contribution in [3.63, 3.8) is 0 Å². The van der Waals surface area contributed by atoms with Crippen LogP contribution in [0.1, 0.15) is 22.8 Å². The predicted octanol–water partition coefficient (Wildman–Crippen LogP) is 3.23. The van der Waals surface area contributed by atoms with Crippen molar-refractivity contribution in [1.29, 1.82) is 0 Å². The van der Waals surface area contributed by atoms with E-state index in [2.05, 4.69) is 0 Å². The van der Waals surface area contributed by atoms with E-state index in [9.17, 15) is 9.50 Å². The van der Waals surface area contributed by atoms with Gasteiger partial charge in [-0.05, 0) is 47.9 Å². The molecule has 1 N–H and O–H groups in total. The lowest BCUT2D eigenvalue weighted by Gasteiger charge is -2.16. The van der Waals surface area contributed by atoms with Crippen molar-refractivity contribution in [1.82, 2.24) is 0 Å². The Hall–Kier alpha value is -2.07. The van der Waals surface area contributed by atoms with Crippen LogP contribution >= 0.6 is 0 Å². The number of ether oxygens (including phenoxy) is 2. The van der Waals surface area contributed by atoms with Crippen molar-refractivity contribution in [2.75, 3.05) is 14.2 Å². The van der Waals surface area contributed by atoms with Crippen molar-refractivity contribution in [3.05, 3.63) is 58.9 Å². The van der Waals surface area contributed by atoms with Gasteiger partial charge in [-0.15, -0.1) is 0 Å². The lowest BCUT2D eigenvalue weighted by molar-refractivity contribution is 0.218. The second-order valence-electron chi connectivity index (χ2n) is 4.52. The smallest absolute Gasteiger partial charge is 0.161 e. The van der Waals surface area contributed by atoms with Crippen LogP contribution in [0, 0.1) is 12.7 Å². The summed E-state index contributed by atoms with van der Waals surface area (Å²) in [6.07, 6.45) is -0.912. The number of rotatable bonds is 4. The molecule has 0 fully saturated rings. The Morgan fingerprint density at radius 2 is 1.70 bits per heavy atom. The highest BCUT2D eigenvalue weighted by molar-refractivity contribution is 5.46. The molecule has 0 saturated carbocycles. The average molecular weight is 276 g/mol. The molecule has 3 nitrogen and oxygen atoms in total. The first kappa shape index (κ1) is 14.3. The van der Waals surface area contributed by atoms with Crippen LogP contribution in [-0.2, 0) is 0 Å². The van der Waals surface area contributed by atoms with E-state index >= 15 is 0 Å². The molecule has 0 saturated heterocycles. The van der Waals surface area contributed by atoms with Crippen molar-refractivity contribution < 1.29 is 19.0 Å². The van der Waals surface area contributed by atoms with Crippen LogP contribution in [0.5, 0.6) is 11.5 Å². The van der Waals surface area contributed by atoms with E-state index in [1.165, 1.54) is 19.2 Å². The molecule has 0 amide bonds. The fourth-order valence-electron chi connectivity index (χ4n) is 2.11. The third-order valence-electron chi connectivity index (χ3n) is 3.26. The molecule has 0 heterocycles. The van der Waals surface area contributed by atoms with Gasteiger partial charge >= 0.3 is 0 Å². The Balaban J connectivity index is 2.42. The summed E-state index contributed by atoms with van der Waals surface area (Å²) >= 11 is 0. The second-order valence-corrected chi connectivity index (χ2v) is 4.52. The standard InChI is InChI=1S/C16H17FO3/c1-10-4-6-12(17)9-13(10)16(18)11-5-7-14(19-2)15(8-11)20-3/h4-9,16,18H,1-3H3. The highest BCUT2D eigenvalue weighted by Gasteiger charge is 2.16. The first-order valence-corrected chi connectivity index (χ1v) is 6.23. The molecule has 2 aromatic carbocycles. The molecule has 106 valence electrons. The van der Waals surface area contributed by atoms with E-state index in [0.29, 0.717) is 22.6 Å². The summed E-state index contributed by atoms with van der Waals surface area (Å²) in [4.78, 5) is 0. The fourth-order valence-corrected chi connectivity index (χ4v) is 2.11. The first-order chi connectivity index (χ1) is 9.56. The number of aliphatic hydroxyl groups is 1. The quantitative estimate of drug-likeness (QED) is 0.931. The van der Waals surface area contributed by atoms with Crippen LogP contribution in [0.25, 0.3) is 0 Å². The van der Waals surface area contributed by atoms with E-state index in [1.54, 1.807) is 31.4 Å². The Morgan fingerprint density at radius 1 is 1.00 bits per heavy atom. The minimum Gasteiger partial charge on any atom is -0.493 e. The van der Waals surface area contributed by atoms with Gasteiger partial charge in [-0.1, -0.05) is 12.1 Å². The number of aliphatic hydroxyl groups excluding tert-OH is 1. The topological polar surface area (TPSA) is 38.7 Å². The van der Waals surface area contributed by atoms with Crippen molar-refractivity contribution in [3.8, 4) is 11.5 Å². The van der Waals surface area contributed by atoms with Gasteiger partial charge in [0.15, 0.2) is 11.5 Å². The molecule has 0 aliphatic rings. The number of hydrogen-bond acceptors (Lipinski definition) is 3. The fraction of sp³-hybridized carbons (Fsp3) is 0.250. The Bertz CT molecular complexity index is 611. The molecule has 1 unspecified atom stereocenters. The molecule has 2 rings (SSSR count). The zero-order valence-electron chi connectivity index (χ0n) is 11.7. The Labute approximate surface area is 117 Å². The van der Waals surface area contributed by atoms with Gasteiger partial charge in [0, 0.05) is 0 Å². The highest BCUT2D eigenvalue weighted by Crippen LogP contribution is 2.33. The van der Waals surface area contributed by atoms with Crippen molar-refractivity contribution >= 4 is 0 Å². The summed E-state index contributed by atoms with van der Waals surface area (Å²) in [5, 5.41) is 10.4. The van der Waals surface area contributed by atoms with E-state index in [0.717, 1.165) is 5.56 Å². The molecule has 1 atom stereocenters. The summed E-state index contributed by atoms with van der Waals surface area (Å²) < 4.78 is 23.7. The second kappa shape index (κ2) is 5.92. The molecule has 0 aromatic heterocycles. The molecule has 2 aromatic rings. The van der Waals surface area contributed by atoms with Crippen LogP contribution in [0.4, 0.5) is 4.39 Å². The van der Waals surface area contributed by atoms with Gasteiger partial charge in [0.05, 0.1) is 14.2 Å². The van der Waals surface area contributed by atoms with Crippen LogP contribution in [0.3, 0.4) is 0 Å². The zero-order valence-corrected chi connectivity index (χ0v) is 11.7. The number of halogens is 1. The van der Waals surface area contributed by atoms with Crippen LogP contribution in [0.2, 0.25) is 0 Å². The van der Waals surface area contributed by atoms with Crippen LogP contribution in [0.15, 0.2) is 36.4 Å². The lowest BCUT2D eigenvalue weighted by Crippen LogP contribution is -2.03. The highest BCUT2D eigenvalue weighted by atomic mass is 19.1. The summed E-state index contributed by atoms with van der Waals surface area (Å²) in [7, 11) is 3.08. The van der Waals surface area contributed by atoms with Gasteiger partial charge in [-0.2, -0.15) is 0 Å². The lowest BCUT2D eigenvalue weighted by atomic mass is 9.97. The number of aryl methyl sites for hydroxylation is 1. The van der Waals surface area contributed by atoms with Crippen molar-refractivity contribution in [2.45, 2.75) is 13.0 Å². The van der Waals surface area contributed by atoms with E-state index in [-0.39, 0.29) is 5.82 Å². The number of benzene rings is 2. The molecule has 20 heavy (non-hydrogen) atoms. The summed E-state index contributed by atoms with van der Waals surface area (Å²) in [5.74, 6) is 0.739. The van der Waals surface area contributed by atoms with Gasteiger partial charge in [0.2, 0.25) is 0 Å². The summed E-state index contributed by atoms with van der Waals surface area (Å²) in [6, 6.07) is 9.50. The Kier molecular flexibility index (Phi) is 4.25. The van der Waals surface area contributed by atoms with Crippen LogP contribution < -0.4 is 9.47 Å². The number of methoxy groups -OCH3 is 2. The largest absolute Gasteiger partial charge is 0.493 e. The van der Waals surface area contributed by atoms with Crippen LogP contribution in [-0.4, -0.2) is 19.3 Å². The van der Waals surface area contributed by atoms with Gasteiger partial charge in [-0.25, -0.2) is 4.39 Å². The minimum absolute atomic E-state index is 0.370. The summed E-state index contributed by atoms with van der Waals surface area (Å²) in [5.41, 5.74) is 1.99. The molecule has 0 spiro atoms. The maximum atomic E-state index is 13.3. The first-order valence-electron chi connectivity index (χ1n) is 6.23. The molecular formula is C16H17FO3. The maximum Gasteiger partial charge on any atom is 0.161 e. The van der Waals surface area contributed by atoms with Gasteiger partial charge in [-0.3, -0.25) is 0 Å². The predicted molar refractivity (Wildman–Crippen MR) is 74.7 cm³/mol. The SMILES string of the molecule is COc1ccc(C(O)c2cc(F)ccc2C)cc1OC. The van der Waals surface area contributed by atoms with Gasteiger partial charge in [0.25, 0.3) is 0 Å². The van der Waals surface area contributed by atoms with Gasteiger partial charge in [0.1, 0.15) is 11.9 Å². The third-order valence-corrected chi connectivity index (χ3v) is 3.26. The molecule has 4 heteroatoms. The monoisotopic (exact) mass is 276 g/mol. The van der Waals surface area contributed by atoms with E-state index in [1.807, 2.05) is 6.92 Å². The zero-order chi connectivity index (χ0) is 14.7. The van der Waals surface area contributed by atoms with Gasteiger partial charge < -0.3 is 14.6 Å². The normalized spacial score (nSPS) is 12.1. The molecule has 0 bridgehead atoms. The number of hydrogen-bond donors (Lipinski definition) is 1. The Morgan fingerprint density at radius 3 is 2.35 bits per heavy atom. The van der Waals surface area contributed by atoms with E-state index in [4.69, 9.17) is 9.47 Å². The molecule has 0 aliphatic carbocycles. The average Bonchev–Trinajstić information content (AvgIpc) is 2.48. The molecular weight excluding hydrogens is 259 g/mol. The molecule has 0 aliphatic heterocycles. The molecule has 0 radical (unpaired) electrons. The maximum absolute atomic E-state index is 13.3. The minimum atomic E-state index is -0.912. The van der Waals surface area contributed by atoms with Crippen molar-refractivity contribution in [2.24, 2.45) is 0 Å². The third kappa shape index (κ3) is 2.75. The van der Waals surface area contributed by atoms with E-state index < -0.39 is 6.10 Å². The summed E-state index contributed by atoms with van der Waals surface area (Å²) in [6.45, 7) is 1.83.